The van der Waals surface area contributed by atoms with Crippen molar-refractivity contribution in [3.8, 4) is 5.69 Å². The van der Waals surface area contributed by atoms with Crippen LogP contribution in [0.25, 0.3) is 5.69 Å². The summed E-state index contributed by atoms with van der Waals surface area (Å²) >= 11 is 0. The van der Waals surface area contributed by atoms with Gasteiger partial charge in [0.15, 0.2) is 5.82 Å². The first-order chi connectivity index (χ1) is 10.4. The molecule has 1 heterocycles. The molecule has 1 atom stereocenters. The van der Waals surface area contributed by atoms with Crippen LogP contribution in [0.4, 0.5) is 0 Å². The van der Waals surface area contributed by atoms with Gasteiger partial charge in [-0.2, -0.15) is 4.68 Å². The van der Waals surface area contributed by atoms with Crippen LogP contribution in [0.15, 0.2) is 18.2 Å². The van der Waals surface area contributed by atoms with E-state index in [1.165, 1.54) is 0 Å². The third kappa shape index (κ3) is 2.86. The normalized spacial score (nSPS) is 13.7. The van der Waals surface area contributed by atoms with Gasteiger partial charge in [0.1, 0.15) is 0 Å². The molecule has 118 valence electrons. The summed E-state index contributed by atoms with van der Waals surface area (Å²) in [4.78, 5) is 11.9. The maximum Gasteiger partial charge on any atom is 0.220 e. The highest BCUT2D eigenvalue weighted by Gasteiger charge is 2.33. The molecule has 6 heteroatoms. The first kappa shape index (κ1) is 16.1. The Morgan fingerprint density at radius 1 is 1.27 bits per heavy atom. The molecular weight excluding hydrogens is 278 g/mol. The summed E-state index contributed by atoms with van der Waals surface area (Å²) in [7, 11) is 0. The molecule has 0 saturated carbocycles. The number of nitrogens with zero attached hydrogens (tertiary/aromatic N) is 4. The Bertz CT molecular complexity index is 659. The lowest BCUT2D eigenvalue weighted by atomic mass is 9.96. The lowest BCUT2D eigenvalue weighted by Crippen LogP contribution is -2.44. The lowest BCUT2D eigenvalue weighted by molar-refractivity contribution is -0.122. The van der Waals surface area contributed by atoms with E-state index in [9.17, 15) is 4.79 Å². The van der Waals surface area contributed by atoms with Gasteiger partial charge < -0.3 is 5.32 Å². The molecule has 0 radical (unpaired) electrons. The molecule has 1 aromatic carbocycles. The number of carbonyl (C=O) groups excluding carboxylic acids is 1. The van der Waals surface area contributed by atoms with Gasteiger partial charge >= 0.3 is 0 Å². The van der Waals surface area contributed by atoms with Crippen LogP contribution < -0.4 is 5.32 Å². The zero-order chi connectivity index (χ0) is 16.3. The average molecular weight is 301 g/mol. The van der Waals surface area contributed by atoms with Gasteiger partial charge in [-0.3, -0.25) is 4.79 Å². The van der Waals surface area contributed by atoms with E-state index in [0.29, 0.717) is 18.7 Å². The van der Waals surface area contributed by atoms with Gasteiger partial charge in [0.25, 0.3) is 0 Å². The van der Waals surface area contributed by atoms with E-state index in [-0.39, 0.29) is 5.91 Å². The molecule has 0 spiro atoms. The molecule has 6 nitrogen and oxygen atoms in total. The van der Waals surface area contributed by atoms with E-state index < -0.39 is 5.54 Å². The van der Waals surface area contributed by atoms with Crippen molar-refractivity contribution in [3.63, 3.8) is 0 Å². The first-order valence-electron chi connectivity index (χ1n) is 7.59. The molecule has 0 fully saturated rings. The summed E-state index contributed by atoms with van der Waals surface area (Å²) in [6.07, 6.45) is 1.13. The van der Waals surface area contributed by atoms with Gasteiger partial charge in [0.05, 0.1) is 11.2 Å². The summed E-state index contributed by atoms with van der Waals surface area (Å²) in [6.45, 7) is 9.86. The summed E-state index contributed by atoms with van der Waals surface area (Å²) in [5, 5.41) is 15.2. The number of benzene rings is 1. The van der Waals surface area contributed by atoms with Gasteiger partial charge in [-0.05, 0) is 48.7 Å². The molecule has 0 aliphatic rings. The van der Waals surface area contributed by atoms with Crippen LogP contribution in [0.1, 0.15) is 50.6 Å². The molecule has 22 heavy (non-hydrogen) atoms. The van der Waals surface area contributed by atoms with Crippen molar-refractivity contribution in [1.82, 2.24) is 25.5 Å². The standard InChI is InChI=1S/C16H23N5O/c1-6-13(22)17-16(5,7-2)15-18-19-20-21(15)14-11(3)9-8-10-12(14)4/h8-10H,6-7H2,1-5H3,(H,17,22)/t16-/m1/s1. The molecule has 0 bridgehead atoms. The minimum atomic E-state index is -0.606. The average Bonchev–Trinajstić information content (AvgIpc) is 2.96. The predicted molar refractivity (Wildman–Crippen MR) is 84.7 cm³/mol. The highest BCUT2D eigenvalue weighted by atomic mass is 16.1. The zero-order valence-corrected chi connectivity index (χ0v) is 13.8. The van der Waals surface area contributed by atoms with Crippen LogP contribution in [-0.2, 0) is 10.3 Å². The van der Waals surface area contributed by atoms with E-state index in [2.05, 4.69) is 20.8 Å². The van der Waals surface area contributed by atoms with Crippen molar-refractivity contribution in [2.45, 2.75) is 53.0 Å². The van der Waals surface area contributed by atoms with Crippen molar-refractivity contribution >= 4 is 5.91 Å². The Kier molecular flexibility index (Phi) is 4.59. The fourth-order valence-electron chi connectivity index (χ4n) is 2.52. The van der Waals surface area contributed by atoms with Crippen molar-refractivity contribution in [2.75, 3.05) is 0 Å². The number of carbonyl (C=O) groups is 1. The smallest absolute Gasteiger partial charge is 0.220 e. The number of tetrazole rings is 1. The molecule has 2 aromatic rings. The van der Waals surface area contributed by atoms with E-state index >= 15 is 0 Å². The van der Waals surface area contributed by atoms with E-state index in [1.54, 1.807) is 4.68 Å². The van der Waals surface area contributed by atoms with Gasteiger partial charge in [0.2, 0.25) is 5.91 Å². The number of aryl methyl sites for hydroxylation is 2. The van der Waals surface area contributed by atoms with Gasteiger partial charge in [-0.15, -0.1) is 5.10 Å². The highest BCUT2D eigenvalue weighted by Crippen LogP contribution is 2.26. The molecule has 0 aliphatic heterocycles. The third-order valence-electron chi connectivity index (χ3n) is 4.06. The fourth-order valence-corrected chi connectivity index (χ4v) is 2.52. The van der Waals surface area contributed by atoms with Gasteiger partial charge in [0, 0.05) is 6.42 Å². The minimum absolute atomic E-state index is 0.0135. The van der Waals surface area contributed by atoms with Crippen LogP contribution in [0, 0.1) is 13.8 Å². The second kappa shape index (κ2) is 6.25. The Hall–Kier alpha value is -2.24. The maximum absolute atomic E-state index is 11.9. The predicted octanol–water partition coefficient (Wildman–Crippen LogP) is 2.43. The van der Waals surface area contributed by atoms with Crippen molar-refractivity contribution < 1.29 is 4.79 Å². The maximum atomic E-state index is 11.9. The number of amides is 1. The van der Waals surface area contributed by atoms with Crippen molar-refractivity contribution in [2.24, 2.45) is 0 Å². The number of para-hydroxylation sites is 1. The fraction of sp³-hybridized carbons (Fsp3) is 0.500. The molecule has 2 rings (SSSR count). The highest BCUT2D eigenvalue weighted by molar-refractivity contribution is 5.76. The van der Waals surface area contributed by atoms with Crippen LogP contribution in [0.3, 0.4) is 0 Å². The molecule has 0 unspecified atom stereocenters. The topological polar surface area (TPSA) is 72.7 Å². The number of rotatable bonds is 5. The molecule has 0 saturated heterocycles. The Morgan fingerprint density at radius 3 is 2.45 bits per heavy atom. The number of hydrogen-bond acceptors (Lipinski definition) is 4. The Balaban J connectivity index is 2.55. The van der Waals surface area contributed by atoms with E-state index in [1.807, 2.05) is 52.8 Å². The molecule has 0 aliphatic carbocycles. The zero-order valence-electron chi connectivity index (χ0n) is 13.8. The number of aromatic nitrogens is 4. The Morgan fingerprint density at radius 2 is 1.91 bits per heavy atom. The minimum Gasteiger partial charge on any atom is -0.344 e. The van der Waals surface area contributed by atoms with E-state index in [4.69, 9.17) is 0 Å². The SMILES string of the molecule is CCC(=O)N[C@](C)(CC)c1nnnn1-c1c(C)cccc1C. The third-order valence-corrected chi connectivity index (χ3v) is 4.06. The number of hydrogen-bond donors (Lipinski definition) is 1. The summed E-state index contributed by atoms with van der Waals surface area (Å²) in [5.74, 6) is 0.634. The summed E-state index contributed by atoms with van der Waals surface area (Å²) < 4.78 is 1.74. The monoisotopic (exact) mass is 301 g/mol. The molecule has 1 aromatic heterocycles. The Labute approximate surface area is 130 Å². The van der Waals surface area contributed by atoms with Gasteiger partial charge in [-0.1, -0.05) is 32.0 Å². The second-order valence-electron chi connectivity index (χ2n) is 5.74. The molecule has 1 N–H and O–H groups in total. The van der Waals surface area contributed by atoms with Crippen LogP contribution in [-0.4, -0.2) is 26.1 Å². The summed E-state index contributed by atoms with van der Waals surface area (Å²) in [6, 6.07) is 6.07. The van der Waals surface area contributed by atoms with Crippen molar-refractivity contribution in [3.05, 3.63) is 35.2 Å². The quantitative estimate of drug-likeness (QED) is 0.920. The van der Waals surface area contributed by atoms with E-state index in [0.717, 1.165) is 16.8 Å². The van der Waals surface area contributed by atoms with Crippen molar-refractivity contribution in [1.29, 1.82) is 0 Å². The summed E-state index contributed by atoms with van der Waals surface area (Å²) in [5.41, 5.74) is 2.54. The molecule has 1 amide bonds. The van der Waals surface area contributed by atoms with Crippen LogP contribution in [0.2, 0.25) is 0 Å². The molecular formula is C16H23N5O. The van der Waals surface area contributed by atoms with Crippen LogP contribution in [0.5, 0.6) is 0 Å². The lowest BCUT2D eigenvalue weighted by Gasteiger charge is -2.28. The van der Waals surface area contributed by atoms with Crippen LogP contribution >= 0.6 is 0 Å². The van der Waals surface area contributed by atoms with Gasteiger partial charge in [-0.25, -0.2) is 0 Å². The largest absolute Gasteiger partial charge is 0.344 e. The number of nitrogens with one attached hydrogen (secondary N) is 1. The second-order valence-corrected chi connectivity index (χ2v) is 5.74. The first-order valence-corrected chi connectivity index (χ1v) is 7.59.